The van der Waals surface area contributed by atoms with Gasteiger partial charge in [-0.1, -0.05) is 50.2 Å². The molecule has 0 radical (unpaired) electrons. The van der Waals surface area contributed by atoms with Crippen molar-refractivity contribution in [2.24, 2.45) is 0 Å². The Labute approximate surface area is 175 Å². The van der Waals surface area contributed by atoms with Crippen LogP contribution in [0.4, 0.5) is 5.13 Å². The van der Waals surface area contributed by atoms with Crippen LogP contribution in [0.1, 0.15) is 37.3 Å². The van der Waals surface area contributed by atoms with E-state index in [1.807, 2.05) is 34.5 Å². The minimum absolute atomic E-state index is 0.0636. The highest BCUT2D eigenvalue weighted by atomic mass is 32.1. The Morgan fingerprint density at radius 3 is 2.41 bits per heavy atom. The second-order valence-corrected chi connectivity index (χ2v) is 8.04. The number of aromatic nitrogens is 1. The van der Waals surface area contributed by atoms with Crippen molar-refractivity contribution in [3.63, 3.8) is 0 Å². The van der Waals surface area contributed by atoms with Crippen molar-refractivity contribution in [2.75, 3.05) is 18.6 Å². The minimum Gasteiger partial charge on any atom is -0.497 e. The number of anilines is 1. The van der Waals surface area contributed by atoms with Gasteiger partial charge in [0.1, 0.15) is 5.75 Å². The molecule has 0 bridgehead atoms. The van der Waals surface area contributed by atoms with E-state index in [9.17, 15) is 4.79 Å². The van der Waals surface area contributed by atoms with Crippen molar-refractivity contribution in [3.8, 4) is 17.0 Å². The third kappa shape index (κ3) is 5.57. The molecule has 0 aliphatic heterocycles. The quantitative estimate of drug-likeness (QED) is 0.510. The molecular formula is C23H26N2O3S. The van der Waals surface area contributed by atoms with Crippen molar-refractivity contribution in [2.45, 2.75) is 32.7 Å². The van der Waals surface area contributed by atoms with E-state index in [1.54, 1.807) is 7.11 Å². The van der Waals surface area contributed by atoms with Crippen LogP contribution in [-0.2, 0) is 11.3 Å². The summed E-state index contributed by atoms with van der Waals surface area (Å²) in [6.07, 6.45) is 0.0636. The van der Waals surface area contributed by atoms with E-state index in [0.717, 1.165) is 27.7 Å². The van der Waals surface area contributed by atoms with Gasteiger partial charge in [0.25, 0.3) is 0 Å². The lowest BCUT2D eigenvalue weighted by Gasteiger charge is -2.21. The Bertz CT molecular complexity index is 934. The maximum atomic E-state index is 11.1. The number of benzene rings is 2. The molecule has 152 valence electrons. The van der Waals surface area contributed by atoms with E-state index >= 15 is 0 Å². The van der Waals surface area contributed by atoms with Gasteiger partial charge in [-0.15, -0.1) is 11.3 Å². The van der Waals surface area contributed by atoms with E-state index in [0.29, 0.717) is 19.0 Å². The zero-order valence-electron chi connectivity index (χ0n) is 17.0. The summed E-state index contributed by atoms with van der Waals surface area (Å²) >= 11 is 1.54. The molecule has 0 atom stereocenters. The third-order valence-corrected chi connectivity index (χ3v) is 5.67. The monoisotopic (exact) mass is 410 g/mol. The summed E-state index contributed by atoms with van der Waals surface area (Å²) < 4.78 is 5.21. The molecule has 0 aliphatic carbocycles. The van der Waals surface area contributed by atoms with Crippen LogP contribution in [-0.4, -0.2) is 29.7 Å². The van der Waals surface area contributed by atoms with E-state index in [1.165, 1.54) is 16.9 Å². The lowest BCUT2D eigenvalue weighted by atomic mass is 10.0. The second-order valence-electron chi connectivity index (χ2n) is 7.21. The van der Waals surface area contributed by atoms with E-state index in [2.05, 4.69) is 38.1 Å². The molecular weight excluding hydrogens is 384 g/mol. The lowest BCUT2D eigenvalue weighted by molar-refractivity contribution is -0.136. The second kappa shape index (κ2) is 9.56. The standard InChI is InChI=1S/C23H26N2O3S/c1-16(2)18-6-8-19(9-7-18)21-15-29-23(24-21)25(13-12-22(26)27)14-17-4-10-20(28-3)11-5-17/h4-11,15-16H,12-14H2,1-3H3,(H,26,27). The first-order valence-corrected chi connectivity index (χ1v) is 10.5. The number of hydrogen-bond acceptors (Lipinski definition) is 5. The van der Waals surface area contributed by atoms with Crippen molar-refractivity contribution in [1.82, 2.24) is 4.98 Å². The molecule has 0 fully saturated rings. The van der Waals surface area contributed by atoms with Gasteiger partial charge in [-0.25, -0.2) is 4.98 Å². The van der Waals surface area contributed by atoms with Gasteiger partial charge in [0, 0.05) is 24.0 Å². The Hall–Kier alpha value is -2.86. The molecule has 3 rings (SSSR count). The molecule has 1 aromatic heterocycles. The summed E-state index contributed by atoms with van der Waals surface area (Å²) in [6.45, 7) is 5.35. The van der Waals surface area contributed by atoms with Gasteiger partial charge >= 0.3 is 5.97 Å². The SMILES string of the molecule is COc1ccc(CN(CCC(=O)O)c2nc(-c3ccc(C(C)C)cc3)cs2)cc1. The number of hydrogen-bond donors (Lipinski definition) is 1. The molecule has 6 heteroatoms. The fraction of sp³-hybridized carbons (Fsp3) is 0.304. The van der Waals surface area contributed by atoms with Gasteiger partial charge in [-0.05, 0) is 29.2 Å². The number of thiazole rings is 1. The van der Waals surface area contributed by atoms with Gasteiger partial charge in [0.15, 0.2) is 5.13 Å². The molecule has 2 aromatic carbocycles. The average Bonchev–Trinajstić information content (AvgIpc) is 3.21. The maximum Gasteiger partial charge on any atom is 0.305 e. The maximum absolute atomic E-state index is 11.1. The van der Waals surface area contributed by atoms with Crippen LogP contribution in [0.5, 0.6) is 5.75 Å². The number of carbonyl (C=O) groups is 1. The lowest BCUT2D eigenvalue weighted by Crippen LogP contribution is -2.25. The topological polar surface area (TPSA) is 62.7 Å². The normalized spacial score (nSPS) is 10.9. The molecule has 0 amide bonds. The first-order chi connectivity index (χ1) is 14.0. The zero-order valence-corrected chi connectivity index (χ0v) is 17.8. The van der Waals surface area contributed by atoms with Crippen LogP contribution in [0.3, 0.4) is 0 Å². The average molecular weight is 411 g/mol. The largest absolute Gasteiger partial charge is 0.497 e. The van der Waals surface area contributed by atoms with E-state index < -0.39 is 5.97 Å². The highest BCUT2D eigenvalue weighted by Gasteiger charge is 2.15. The predicted molar refractivity (Wildman–Crippen MR) is 118 cm³/mol. The number of methoxy groups -OCH3 is 1. The Kier molecular flexibility index (Phi) is 6.88. The smallest absolute Gasteiger partial charge is 0.305 e. The van der Waals surface area contributed by atoms with Crippen molar-refractivity contribution in [3.05, 3.63) is 65.0 Å². The Balaban J connectivity index is 1.80. The summed E-state index contributed by atoms with van der Waals surface area (Å²) in [6, 6.07) is 16.3. The molecule has 0 saturated heterocycles. The molecule has 0 saturated carbocycles. The highest BCUT2D eigenvalue weighted by molar-refractivity contribution is 7.14. The fourth-order valence-corrected chi connectivity index (χ4v) is 3.87. The molecule has 29 heavy (non-hydrogen) atoms. The fourth-order valence-electron chi connectivity index (χ4n) is 3.01. The van der Waals surface area contributed by atoms with Crippen LogP contribution < -0.4 is 9.64 Å². The first kappa shape index (κ1) is 20.9. The minimum atomic E-state index is -0.814. The van der Waals surface area contributed by atoms with Crippen LogP contribution >= 0.6 is 11.3 Å². The molecule has 5 nitrogen and oxygen atoms in total. The van der Waals surface area contributed by atoms with Gasteiger partial charge in [0.05, 0.1) is 19.2 Å². The van der Waals surface area contributed by atoms with Crippen LogP contribution in [0.15, 0.2) is 53.9 Å². The van der Waals surface area contributed by atoms with E-state index in [-0.39, 0.29) is 6.42 Å². The molecule has 1 heterocycles. The van der Waals surface area contributed by atoms with Crippen LogP contribution in [0.2, 0.25) is 0 Å². The summed E-state index contributed by atoms with van der Waals surface area (Å²) in [4.78, 5) is 17.9. The van der Waals surface area contributed by atoms with Crippen LogP contribution in [0.25, 0.3) is 11.3 Å². The van der Waals surface area contributed by atoms with Crippen molar-refractivity contribution < 1.29 is 14.6 Å². The number of carboxylic acids is 1. The summed E-state index contributed by atoms with van der Waals surface area (Å²) in [7, 11) is 1.64. The van der Waals surface area contributed by atoms with Gasteiger partial charge < -0.3 is 14.7 Å². The van der Waals surface area contributed by atoms with Crippen molar-refractivity contribution in [1.29, 1.82) is 0 Å². The number of ether oxygens (including phenoxy) is 1. The molecule has 1 N–H and O–H groups in total. The number of carboxylic acid groups (broad SMARTS) is 1. The van der Waals surface area contributed by atoms with Gasteiger partial charge in [-0.3, -0.25) is 4.79 Å². The molecule has 0 unspecified atom stereocenters. The molecule has 0 spiro atoms. The van der Waals surface area contributed by atoms with Gasteiger partial charge in [0.2, 0.25) is 0 Å². The zero-order chi connectivity index (χ0) is 20.8. The molecule has 3 aromatic rings. The number of aliphatic carboxylic acids is 1. The summed E-state index contributed by atoms with van der Waals surface area (Å²) in [5.41, 5.74) is 4.36. The Morgan fingerprint density at radius 2 is 1.83 bits per heavy atom. The predicted octanol–water partition coefficient (Wildman–Crippen LogP) is 5.42. The first-order valence-electron chi connectivity index (χ1n) is 9.62. The third-order valence-electron chi connectivity index (χ3n) is 4.76. The highest BCUT2D eigenvalue weighted by Crippen LogP contribution is 2.29. The molecule has 0 aliphatic rings. The van der Waals surface area contributed by atoms with Crippen LogP contribution in [0, 0.1) is 0 Å². The van der Waals surface area contributed by atoms with Gasteiger partial charge in [-0.2, -0.15) is 0 Å². The van der Waals surface area contributed by atoms with E-state index in [4.69, 9.17) is 14.8 Å². The number of rotatable bonds is 9. The van der Waals surface area contributed by atoms with Crippen molar-refractivity contribution >= 4 is 22.4 Å². The summed E-state index contributed by atoms with van der Waals surface area (Å²) in [5.74, 6) is 0.476. The summed E-state index contributed by atoms with van der Waals surface area (Å²) in [5, 5.41) is 12.0. The Morgan fingerprint density at radius 1 is 1.14 bits per heavy atom. The number of nitrogens with zero attached hydrogens (tertiary/aromatic N) is 2.